The first kappa shape index (κ1) is 15.0. The molecule has 3 aliphatic heterocycles. The Labute approximate surface area is 138 Å². The number of carbonyl (C=O) groups is 1. The van der Waals surface area contributed by atoms with E-state index in [0.717, 1.165) is 38.1 Å². The second-order valence-corrected chi connectivity index (χ2v) is 7.46. The van der Waals surface area contributed by atoms with Crippen LogP contribution in [-0.4, -0.2) is 48.5 Å². The van der Waals surface area contributed by atoms with Gasteiger partial charge in [-0.25, -0.2) is 0 Å². The summed E-state index contributed by atoms with van der Waals surface area (Å²) in [5, 5.41) is 0. The Morgan fingerprint density at radius 1 is 1.26 bits per heavy atom. The van der Waals surface area contributed by atoms with Crippen LogP contribution >= 0.6 is 0 Å². The number of nitrogens with zero attached hydrogens (tertiary/aromatic N) is 2. The second kappa shape index (κ2) is 4.97. The van der Waals surface area contributed by atoms with Crippen molar-refractivity contribution < 1.29 is 9.53 Å². The van der Waals surface area contributed by atoms with Crippen LogP contribution in [0, 0.1) is 19.8 Å². The van der Waals surface area contributed by atoms with Crippen molar-refractivity contribution in [3.05, 3.63) is 28.8 Å². The second-order valence-electron chi connectivity index (χ2n) is 7.46. The van der Waals surface area contributed by atoms with Crippen molar-refractivity contribution in [1.82, 2.24) is 9.80 Å². The average Bonchev–Trinajstić information content (AvgIpc) is 3.15. The standard InChI is InChI=1S/C19H26N2O2/c1-12-13(2)17(23-4)7-6-15(12)16-10-14-11-20(3)18(22)19(14)8-5-9-21(16)19/h6-7,14,16H,5,8-11H2,1-4H3/t14-,16-,19-/m0/s1. The Morgan fingerprint density at radius 2 is 2.04 bits per heavy atom. The SMILES string of the molecule is COc1ccc([C@@H]2C[C@H]3CN(C)C(=O)[C@]34CCCN24)c(C)c1C. The molecule has 0 aliphatic carbocycles. The van der Waals surface area contributed by atoms with Gasteiger partial charge in [0, 0.05) is 25.6 Å². The maximum Gasteiger partial charge on any atom is 0.243 e. The van der Waals surface area contributed by atoms with E-state index in [2.05, 4.69) is 30.9 Å². The molecule has 4 nitrogen and oxygen atoms in total. The maximum absolute atomic E-state index is 12.9. The molecule has 0 saturated carbocycles. The minimum absolute atomic E-state index is 0.209. The molecule has 1 aromatic carbocycles. The number of benzene rings is 1. The molecule has 3 saturated heterocycles. The van der Waals surface area contributed by atoms with Gasteiger partial charge in [0.1, 0.15) is 11.3 Å². The van der Waals surface area contributed by atoms with Crippen molar-refractivity contribution in [3.8, 4) is 5.75 Å². The monoisotopic (exact) mass is 314 g/mol. The van der Waals surface area contributed by atoms with Gasteiger partial charge in [-0.3, -0.25) is 9.69 Å². The molecule has 0 unspecified atom stereocenters. The van der Waals surface area contributed by atoms with E-state index in [1.54, 1.807) is 7.11 Å². The van der Waals surface area contributed by atoms with Gasteiger partial charge >= 0.3 is 0 Å². The molecule has 0 bridgehead atoms. The molecule has 3 aliphatic rings. The van der Waals surface area contributed by atoms with Crippen molar-refractivity contribution in [2.24, 2.45) is 5.92 Å². The summed E-state index contributed by atoms with van der Waals surface area (Å²) in [6, 6.07) is 4.68. The van der Waals surface area contributed by atoms with Crippen molar-refractivity contribution in [2.45, 2.75) is 44.7 Å². The Hall–Kier alpha value is -1.55. The lowest BCUT2D eigenvalue weighted by molar-refractivity contribution is -0.135. The predicted molar refractivity (Wildman–Crippen MR) is 89.6 cm³/mol. The summed E-state index contributed by atoms with van der Waals surface area (Å²) < 4.78 is 5.46. The van der Waals surface area contributed by atoms with E-state index in [9.17, 15) is 4.79 Å². The lowest BCUT2D eigenvalue weighted by Crippen LogP contribution is -2.49. The van der Waals surface area contributed by atoms with Gasteiger partial charge in [0.2, 0.25) is 5.91 Å². The fourth-order valence-electron chi connectivity index (χ4n) is 5.39. The fraction of sp³-hybridized carbons (Fsp3) is 0.632. The molecule has 23 heavy (non-hydrogen) atoms. The third kappa shape index (κ3) is 1.78. The van der Waals surface area contributed by atoms with Gasteiger partial charge in [-0.15, -0.1) is 0 Å². The first-order valence-corrected chi connectivity index (χ1v) is 8.67. The fourth-order valence-corrected chi connectivity index (χ4v) is 5.39. The van der Waals surface area contributed by atoms with Gasteiger partial charge in [0.05, 0.1) is 7.11 Å². The van der Waals surface area contributed by atoms with E-state index in [1.807, 2.05) is 11.9 Å². The molecule has 0 radical (unpaired) electrons. The third-order valence-electron chi connectivity index (χ3n) is 6.60. The maximum atomic E-state index is 12.9. The molecule has 0 aromatic heterocycles. The number of hydrogen-bond acceptors (Lipinski definition) is 3. The number of methoxy groups -OCH3 is 1. The summed E-state index contributed by atoms with van der Waals surface area (Å²) in [7, 11) is 3.69. The summed E-state index contributed by atoms with van der Waals surface area (Å²) in [4.78, 5) is 17.4. The summed E-state index contributed by atoms with van der Waals surface area (Å²) >= 11 is 0. The van der Waals surface area contributed by atoms with Crippen LogP contribution in [0.5, 0.6) is 5.75 Å². The summed E-state index contributed by atoms with van der Waals surface area (Å²) in [5.74, 6) is 1.79. The van der Waals surface area contributed by atoms with Crippen LogP contribution < -0.4 is 4.74 Å². The summed E-state index contributed by atoms with van der Waals surface area (Å²) in [6.07, 6.45) is 3.27. The van der Waals surface area contributed by atoms with Crippen LogP contribution in [0.4, 0.5) is 0 Å². The Kier molecular flexibility index (Phi) is 3.24. The van der Waals surface area contributed by atoms with Crippen molar-refractivity contribution in [3.63, 3.8) is 0 Å². The molecule has 3 atom stereocenters. The van der Waals surface area contributed by atoms with Crippen molar-refractivity contribution in [2.75, 3.05) is 27.2 Å². The molecule has 4 rings (SSSR count). The van der Waals surface area contributed by atoms with Crippen molar-refractivity contribution >= 4 is 5.91 Å². The molecule has 3 fully saturated rings. The normalized spacial score (nSPS) is 33.2. The van der Waals surface area contributed by atoms with Gasteiger partial charge in [0.15, 0.2) is 0 Å². The van der Waals surface area contributed by atoms with E-state index >= 15 is 0 Å². The Bertz CT molecular complexity index is 672. The van der Waals surface area contributed by atoms with Gasteiger partial charge in [-0.2, -0.15) is 0 Å². The molecule has 124 valence electrons. The highest BCUT2D eigenvalue weighted by Gasteiger charge is 2.64. The number of hydrogen-bond donors (Lipinski definition) is 0. The van der Waals surface area contributed by atoms with E-state index in [4.69, 9.17) is 4.74 Å². The molecule has 4 heteroatoms. The molecular formula is C19H26N2O2. The molecule has 1 amide bonds. The summed E-state index contributed by atoms with van der Waals surface area (Å²) in [6.45, 7) is 6.29. The van der Waals surface area contributed by atoms with Crippen LogP contribution in [0.15, 0.2) is 12.1 Å². The number of likely N-dealkylation sites (N-methyl/N-ethyl adjacent to an activating group) is 1. The quantitative estimate of drug-likeness (QED) is 0.841. The van der Waals surface area contributed by atoms with Crippen LogP contribution in [0.3, 0.4) is 0 Å². The van der Waals surface area contributed by atoms with Crippen LogP contribution in [-0.2, 0) is 4.79 Å². The zero-order valence-electron chi connectivity index (χ0n) is 14.6. The largest absolute Gasteiger partial charge is 0.496 e. The zero-order chi connectivity index (χ0) is 16.4. The highest BCUT2D eigenvalue weighted by Crippen LogP contribution is 2.56. The molecule has 0 N–H and O–H groups in total. The highest BCUT2D eigenvalue weighted by molar-refractivity contribution is 5.90. The van der Waals surface area contributed by atoms with Crippen molar-refractivity contribution in [1.29, 1.82) is 0 Å². The Balaban J connectivity index is 1.76. The first-order valence-electron chi connectivity index (χ1n) is 8.67. The lowest BCUT2D eigenvalue weighted by Gasteiger charge is -2.34. The third-order valence-corrected chi connectivity index (χ3v) is 6.60. The predicted octanol–water partition coefficient (Wildman–Crippen LogP) is 2.68. The average molecular weight is 314 g/mol. The van der Waals surface area contributed by atoms with E-state index < -0.39 is 0 Å². The van der Waals surface area contributed by atoms with Gasteiger partial charge in [-0.05, 0) is 62.4 Å². The number of ether oxygens (including phenoxy) is 1. The minimum atomic E-state index is -0.209. The minimum Gasteiger partial charge on any atom is -0.496 e. The smallest absolute Gasteiger partial charge is 0.243 e. The number of likely N-dealkylation sites (tertiary alicyclic amines) is 1. The first-order chi connectivity index (χ1) is 11.0. The molecular weight excluding hydrogens is 288 g/mol. The highest BCUT2D eigenvalue weighted by atomic mass is 16.5. The van der Waals surface area contributed by atoms with Crippen LogP contribution in [0.25, 0.3) is 0 Å². The van der Waals surface area contributed by atoms with Crippen LogP contribution in [0.1, 0.15) is 42.0 Å². The number of carbonyl (C=O) groups excluding carboxylic acids is 1. The van der Waals surface area contributed by atoms with E-state index in [1.165, 1.54) is 16.7 Å². The number of amides is 1. The van der Waals surface area contributed by atoms with Gasteiger partial charge < -0.3 is 9.64 Å². The summed E-state index contributed by atoms with van der Waals surface area (Å²) in [5.41, 5.74) is 3.71. The zero-order valence-corrected chi connectivity index (χ0v) is 14.6. The molecule has 1 aromatic rings. The van der Waals surface area contributed by atoms with Gasteiger partial charge in [-0.1, -0.05) is 6.07 Å². The van der Waals surface area contributed by atoms with E-state index in [-0.39, 0.29) is 5.54 Å². The lowest BCUT2D eigenvalue weighted by atomic mass is 9.85. The Morgan fingerprint density at radius 3 is 2.78 bits per heavy atom. The molecule has 1 spiro atoms. The van der Waals surface area contributed by atoms with E-state index in [0.29, 0.717) is 17.9 Å². The van der Waals surface area contributed by atoms with Crippen LogP contribution in [0.2, 0.25) is 0 Å². The number of rotatable bonds is 2. The molecule has 3 heterocycles. The van der Waals surface area contributed by atoms with Gasteiger partial charge in [0.25, 0.3) is 0 Å². The topological polar surface area (TPSA) is 32.8 Å².